The zero-order valence-corrected chi connectivity index (χ0v) is 17.5. The van der Waals surface area contributed by atoms with Crippen molar-refractivity contribution < 1.29 is 9.32 Å². The number of nitrogens with zero attached hydrogens (tertiary/aromatic N) is 5. The number of para-hydroxylation sites is 1. The Morgan fingerprint density at radius 3 is 2.93 bits per heavy atom. The van der Waals surface area contributed by atoms with Crippen molar-refractivity contribution >= 4 is 5.91 Å². The van der Waals surface area contributed by atoms with E-state index in [2.05, 4.69) is 32.4 Å². The molecule has 1 fully saturated rings. The minimum absolute atomic E-state index is 0.0246. The Labute approximate surface area is 176 Å². The van der Waals surface area contributed by atoms with Gasteiger partial charge in [-0.25, -0.2) is 4.68 Å². The van der Waals surface area contributed by atoms with Crippen molar-refractivity contribution in [1.82, 2.24) is 30.1 Å². The third-order valence-electron chi connectivity index (χ3n) is 5.46. The minimum Gasteiger partial charge on any atom is -0.348 e. The van der Waals surface area contributed by atoms with E-state index >= 15 is 0 Å². The van der Waals surface area contributed by atoms with Gasteiger partial charge < -0.3 is 14.7 Å². The first-order chi connectivity index (χ1) is 14.6. The second kappa shape index (κ2) is 9.21. The summed E-state index contributed by atoms with van der Waals surface area (Å²) in [7, 11) is 0. The van der Waals surface area contributed by atoms with Crippen molar-refractivity contribution in [2.45, 2.75) is 33.1 Å². The molecule has 1 amide bonds. The van der Waals surface area contributed by atoms with Gasteiger partial charge in [0, 0.05) is 19.3 Å². The van der Waals surface area contributed by atoms with E-state index in [1.54, 1.807) is 4.68 Å². The maximum absolute atomic E-state index is 12.4. The molecule has 158 valence electrons. The monoisotopic (exact) mass is 408 g/mol. The molecule has 0 aliphatic carbocycles. The highest BCUT2D eigenvalue weighted by Crippen LogP contribution is 2.21. The van der Waals surface area contributed by atoms with Crippen LogP contribution >= 0.6 is 0 Å². The molecule has 3 heterocycles. The number of nitrogens with one attached hydrogen (secondary N) is 1. The van der Waals surface area contributed by atoms with Crippen molar-refractivity contribution in [2.24, 2.45) is 5.92 Å². The van der Waals surface area contributed by atoms with Gasteiger partial charge in [0.05, 0.1) is 16.9 Å². The van der Waals surface area contributed by atoms with Crippen molar-refractivity contribution in [2.75, 3.05) is 26.2 Å². The number of likely N-dealkylation sites (tertiary alicyclic amines) is 1. The van der Waals surface area contributed by atoms with Gasteiger partial charge in [0.15, 0.2) is 0 Å². The average molecular weight is 409 g/mol. The van der Waals surface area contributed by atoms with Crippen LogP contribution in [0.1, 0.15) is 42.6 Å². The number of amides is 1. The zero-order chi connectivity index (χ0) is 20.9. The van der Waals surface area contributed by atoms with Crippen LogP contribution in [0.15, 0.2) is 41.1 Å². The van der Waals surface area contributed by atoms with Crippen LogP contribution in [0.25, 0.3) is 17.1 Å². The largest absolute Gasteiger partial charge is 0.348 e. The molecule has 0 saturated carbocycles. The van der Waals surface area contributed by atoms with Crippen molar-refractivity contribution in [3.05, 3.63) is 48.1 Å². The number of hydrogen-bond donors (Lipinski definition) is 1. The van der Waals surface area contributed by atoms with Gasteiger partial charge in [-0.15, -0.1) is 0 Å². The lowest BCUT2D eigenvalue weighted by molar-refractivity contribution is 0.0906. The Kier molecular flexibility index (Phi) is 6.23. The van der Waals surface area contributed by atoms with Crippen LogP contribution in [0.3, 0.4) is 0 Å². The number of hydrogen-bond acceptors (Lipinski definition) is 6. The molecular formula is C22H28N6O2. The average Bonchev–Trinajstić information content (AvgIpc) is 3.39. The van der Waals surface area contributed by atoms with E-state index in [0.717, 1.165) is 48.9 Å². The molecule has 1 aliphatic rings. The van der Waals surface area contributed by atoms with Gasteiger partial charge in [-0.05, 0) is 57.3 Å². The van der Waals surface area contributed by atoms with Crippen LogP contribution in [0.4, 0.5) is 0 Å². The van der Waals surface area contributed by atoms with Gasteiger partial charge in [-0.3, -0.25) is 4.79 Å². The lowest BCUT2D eigenvalue weighted by Crippen LogP contribution is -2.36. The molecule has 1 aromatic carbocycles. The van der Waals surface area contributed by atoms with Gasteiger partial charge in [0.2, 0.25) is 5.82 Å². The number of aromatic nitrogens is 4. The first-order valence-electron chi connectivity index (χ1n) is 10.6. The number of aryl methyl sites for hydroxylation is 1. The van der Waals surface area contributed by atoms with Crippen molar-refractivity contribution in [1.29, 1.82) is 0 Å². The molecule has 1 N–H and O–H groups in total. The summed E-state index contributed by atoms with van der Waals surface area (Å²) in [6.45, 7) is 8.07. The molecule has 0 radical (unpaired) electrons. The van der Waals surface area contributed by atoms with Crippen molar-refractivity contribution in [3.8, 4) is 17.1 Å². The van der Waals surface area contributed by atoms with E-state index in [4.69, 9.17) is 4.52 Å². The van der Waals surface area contributed by atoms with E-state index in [-0.39, 0.29) is 11.8 Å². The molecule has 0 spiro atoms. The number of carbonyl (C=O) groups is 1. The molecule has 1 atom stereocenters. The molecule has 1 saturated heterocycles. The molecule has 0 unspecified atom stereocenters. The summed E-state index contributed by atoms with van der Waals surface area (Å²) >= 11 is 0. The summed E-state index contributed by atoms with van der Waals surface area (Å²) in [5, 5.41) is 11.4. The maximum Gasteiger partial charge on any atom is 0.316 e. The topological polar surface area (TPSA) is 89.1 Å². The quantitative estimate of drug-likeness (QED) is 0.605. The van der Waals surface area contributed by atoms with Crippen LogP contribution < -0.4 is 5.32 Å². The van der Waals surface area contributed by atoms with E-state index < -0.39 is 0 Å². The predicted octanol–water partition coefficient (Wildman–Crippen LogP) is 3.08. The van der Waals surface area contributed by atoms with Gasteiger partial charge in [-0.1, -0.05) is 30.3 Å². The van der Waals surface area contributed by atoms with E-state index in [0.29, 0.717) is 12.4 Å². The molecule has 4 rings (SSSR count). The third-order valence-corrected chi connectivity index (χ3v) is 5.46. The number of benzene rings is 1. The SMILES string of the molecule is Cc1nn(-c2ccccc2)cc1-c1noc(C(=O)NCCCN2CCC[C@H](C)C2)n1. The summed E-state index contributed by atoms with van der Waals surface area (Å²) < 4.78 is 6.96. The molecule has 8 nitrogen and oxygen atoms in total. The van der Waals surface area contributed by atoms with Gasteiger partial charge in [-0.2, -0.15) is 10.1 Å². The Morgan fingerprint density at radius 1 is 1.30 bits per heavy atom. The standard InChI is InChI=1S/C22H28N6O2/c1-16-8-6-12-27(14-16)13-7-11-23-21(29)22-24-20(26-30-22)19-15-28(25-17(19)2)18-9-4-3-5-10-18/h3-5,9-10,15-16H,6-8,11-14H2,1-2H3,(H,23,29)/t16-/m0/s1. The fourth-order valence-electron chi connectivity index (χ4n) is 3.89. The second-order valence-corrected chi connectivity index (χ2v) is 7.99. The number of piperidine rings is 1. The minimum atomic E-state index is -0.339. The summed E-state index contributed by atoms with van der Waals surface area (Å²) in [5.41, 5.74) is 2.44. The van der Waals surface area contributed by atoms with Crippen LogP contribution in [0.5, 0.6) is 0 Å². The van der Waals surface area contributed by atoms with E-state index in [1.165, 1.54) is 12.8 Å². The first-order valence-corrected chi connectivity index (χ1v) is 10.6. The number of rotatable bonds is 7. The number of carbonyl (C=O) groups excluding carboxylic acids is 1. The summed E-state index contributed by atoms with van der Waals surface area (Å²) in [5.74, 6) is 0.763. The predicted molar refractivity (Wildman–Crippen MR) is 113 cm³/mol. The lowest BCUT2D eigenvalue weighted by Gasteiger charge is -2.30. The summed E-state index contributed by atoms with van der Waals surface area (Å²) in [6.07, 6.45) is 5.33. The zero-order valence-electron chi connectivity index (χ0n) is 17.5. The fourth-order valence-corrected chi connectivity index (χ4v) is 3.89. The normalized spacial score (nSPS) is 17.2. The van der Waals surface area contributed by atoms with Crippen LogP contribution in [0, 0.1) is 12.8 Å². The molecule has 8 heteroatoms. The van der Waals surface area contributed by atoms with Crippen LogP contribution in [-0.4, -0.2) is 56.9 Å². The Balaban J connectivity index is 1.32. The Morgan fingerprint density at radius 2 is 2.13 bits per heavy atom. The molecule has 1 aliphatic heterocycles. The van der Waals surface area contributed by atoms with Gasteiger partial charge >= 0.3 is 11.8 Å². The van der Waals surface area contributed by atoms with Gasteiger partial charge in [0.1, 0.15) is 0 Å². The van der Waals surface area contributed by atoms with Crippen LogP contribution in [0.2, 0.25) is 0 Å². The Bertz CT molecular complexity index is 981. The van der Waals surface area contributed by atoms with Gasteiger partial charge in [0.25, 0.3) is 0 Å². The van der Waals surface area contributed by atoms with E-state index in [1.807, 2.05) is 43.5 Å². The maximum atomic E-state index is 12.4. The molecule has 2 aromatic heterocycles. The molecule has 0 bridgehead atoms. The first kappa shape index (κ1) is 20.3. The Hall–Kier alpha value is -3.00. The molecule has 30 heavy (non-hydrogen) atoms. The second-order valence-electron chi connectivity index (χ2n) is 7.99. The lowest BCUT2D eigenvalue weighted by atomic mass is 10.0. The fraction of sp³-hybridized carbons (Fsp3) is 0.455. The third kappa shape index (κ3) is 4.76. The highest BCUT2D eigenvalue weighted by Gasteiger charge is 2.19. The summed E-state index contributed by atoms with van der Waals surface area (Å²) in [4.78, 5) is 19.1. The van der Waals surface area contributed by atoms with Crippen LogP contribution in [-0.2, 0) is 0 Å². The highest BCUT2D eigenvalue weighted by molar-refractivity contribution is 5.89. The molecule has 3 aromatic rings. The summed E-state index contributed by atoms with van der Waals surface area (Å²) in [6, 6.07) is 9.80. The smallest absolute Gasteiger partial charge is 0.316 e. The van der Waals surface area contributed by atoms with Crippen molar-refractivity contribution in [3.63, 3.8) is 0 Å². The molecular weight excluding hydrogens is 380 g/mol. The highest BCUT2D eigenvalue weighted by atomic mass is 16.5. The van der Waals surface area contributed by atoms with E-state index in [9.17, 15) is 4.79 Å².